The van der Waals surface area contributed by atoms with E-state index in [2.05, 4.69) is 26.6 Å². The number of nitrogens with one attached hydrogen (secondary N) is 2. The summed E-state index contributed by atoms with van der Waals surface area (Å²) in [4.78, 5) is 26.1. The number of thiocarbonyl (C=S) groups is 1. The summed E-state index contributed by atoms with van der Waals surface area (Å²) >= 11 is 8.60. The van der Waals surface area contributed by atoms with Crippen molar-refractivity contribution in [2.45, 2.75) is 20.0 Å². The molecule has 0 aliphatic rings. The molecule has 0 spiro atoms. The molecule has 0 fully saturated rings. The van der Waals surface area contributed by atoms with E-state index in [1.54, 1.807) is 50.5 Å². The predicted octanol–water partition coefficient (Wildman–Crippen LogP) is 4.06. The molecule has 0 heterocycles. The first-order valence-corrected chi connectivity index (χ1v) is 9.77. The van der Waals surface area contributed by atoms with Crippen LogP contribution in [0.1, 0.15) is 34.6 Å². The molecule has 2 N–H and O–H groups in total. The predicted molar refractivity (Wildman–Crippen MR) is 118 cm³/mol. The SMILES string of the molecule is CC(C)Oc1ccc(Br)cc1C(=O)NC(=S)Nc1ccc(C(=O)N(C)C)cc1. The third-order valence-corrected chi connectivity index (χ3v) is 4.27. The van der Waals surface area contributed by atoms with Gasteiger partial charge in [0.05, 0.1) is 11.7 Å². The van der Waals surface area contributed by atoms with Gasteiger partial charge in [0.25, 0.3) is 11.8 Å². The largest absolute Gasteiger partial charge is 0.490 e. The van der Waals surface area contributed by atoms with Gasteiger partial charge >= 0.3 is 0 Å². The van der Waals surface area contributed by atoms with Gasteiger partial charge < -0.3 is 15.0 Å². The number of carbonyl (C=O) groups is 2. The minimum absolute atomic E-state index is 0.0683. The molecule has 2 aromatic rings. The fourth-order valence-electron chi connectivity index (χ4n) is 2.32. The number of hydrogen-bond donors (Lipinski definition) is 2. The van der Waals surface area contributed by atoms with Crippen molar-refractivity contribution >= 4 is 50.8 Å². The lowest BCUT2D eigenvalue weighted by atomic mass is 10.2. The second-order valence-corrected chi connectivity index (χ2v) is 7.82. The Hall–Kier alpha value is -2.45. The van der Waals surface area contributed by atoms with E-state index in [4.69, 9.17) is 17.0 Å². The van der Waals surface area contributed by atoms with Crippen molar-refractivity contribution in [3.05, 3.63) is 58.1 Å². The lowest BCUT2D eigenvalue weighted by Gasteiger charge is -2.15. The van der Waals surface area contributed by atoms with Gasteiger partial charge in [0.2, 0.25) is 0 Å². The average molecular weight is 464 g/mol. The number of ether oxygens (including phenoxy) is 1. The molecule has 148 valence electrons. The highest BCUT2D eigenvalue weighted by molar-refractivity contribution is 9.10. The van der Waals surface area contributed by atoms with E-state index < -0.39 is 0 Å². The number of nitrogens with zero attached hydrogens (tertiary/aromatic N) is 1. The Labute approximate surface area is 178 Å². The first-order chi connectivity index (χ1) is 13.2. The Bertz CT molecular complexity index is 883. The highest BCUT2D eigenvalue weighted by Gasteiger charge is 2.16. The fourth-order valence-corrected chi connectivity index (χ4v) is 2.90. The van der Waals surface area contributed by atoms with E-state index >= 15 is 0 Å². The van der Waals surface area contributed by atoms with Crippen LogP contribution in [0.15, 0.2) is 46.9 Å². The van der Waals surface area contributed by atoms with Gasteiger partial charge in [-0.2, -0.15) is 0 Å². The van der Waals surface area contributed by atoms with Crippen LogP contribution in [-0.4, -0.2) is 42.0 Å². The van der Waals surface area contributed by atoms with Gasteiger partial charge in [0, 0.05) is 29.8 Å². The van der Waals surface area contributed by atoms with Crippen LogP contribution in [0.5, 0.6) is 5.75 Å². The maximum Gasteiger partial charge on any atom is 0.261 e. The van der Waals surface area contributed by atoms with Crippen LogP contribution in [0, 0.1) is 0 Å². The molecule has 0 radical (unpaired) electrons. The third-order valence-electron chi connectivity index (χ3n) is 3.57. The highest BCUT2D eigenvalue weighted by atomic mass is 79.9. The lowest BCUT2D eigenvalue weighted by molar-refractivity contribution is 0.0827. The molecule has 2 rings (SSSR count). The van der Waals surface area contributed by atoms with Crippen LogP contribution >= 0.6 is 28.1 Å². The number of carbonyl (C=O) groups excluding carboxylic acids is 2. The molecular weight excluding hydrogens is 442 g/mol. The zero-order chi connectivity index (χ0) is 20.8. The van der Waals surface area contributed by atoms with Crippen molar-refractivity contribution < 1.29 is 14.3 Å². The second-order valence-electron chi connectivity index (χ2n) is 6.49. The highest BCUT2D eigenvalue weighted by Crippen LogP contribution is 2.24. The summed E-state index contributed by atoms with van der Waals surface area (Å²) < 4.78 is 6.45. The van der Waals surface area contributed by atoms with E-state index in [1.807, 2.05) is 19.9 Å². The van der Waals surface area contributed by atoms with Gasteiger partial charge in [-0.1, -0.05) is 15.9 Å². The van der Waals surface area contributed by atoms with Gasteiger partial charge in [-0.3, -0.25) is 14.9 Å². The Morgan fingerprint density at radius 2 is 1.75 bits per heavy atom. The molecule has 28 heavy (non-hydrogen) atoms. The summed E-state index contributed by atoms with van der Waals surface area (Å²) in [5, 5.41) is 5.73. The number of hydrogen-bond acceptors (Lipinski definition) is 4. The van der Waals surface area contributed by atoms with E-state index in [9.17, 15) is 9.59 Å². The summed E-state index contributed by atoms with van der Waals surface area (Å²) in [7, 11) is 3.39. The second kappa shape index (κ2) is 9.66. The van der Waals surface area contributed by atoms with Crippen LogP contribution in [0.3, 0.4) is 0 Å². The summed E-state index contributed by atoms with van der Waals surface area (Å²) in [6.45, 7) is 3.78. The molecule has 0 aliphatic carbocycles. The van der Waals surface area contributed by atoms with Crippen molar-refractivity contribution in [3.63, 3.8) is 0 Å². The molecule has 0 aromatic heterocycles. The van der Waals surface area contributed by atoms with Crippen molar-refractivity contribution in [2.24, 2.45) is 0 Å². The minimum Gasteiger partial charge on any atom is -0.490 e. The normalized spacial score (nSPS) is 10.4. The zero-order valence-corrected chi connectivity index (χ0v) is 18.5. The summed E-state index contributed by atoms with van der Waals surface area (Å²) in [5.41, 5.74) is 1.60. The number of rotatable bonds is 5. The number of halogens is 1. The molecule has 2 amide bonds. The van der Waals surface area contributed by atoms with Gasteiger partial charge in [0.15, 0.2) is 5.11 Å². The topological polar surface area (TPSA) is 70.7 Å². The summed E-state index contributed by atoms with van der Waals surface area (Å²) in [5.74, 6) is 0.00803. The van der Waals surface area contributed by atoms with E-state index in [-0.39, 0.29) is 23.0 Å². The molecule has 0 saturated heterocycles. The van der Waals surface area contributed by atoms with Crippen molar-refractivity contribution in [1.82, 2.24) is 10.2 Å². The van der Waals surface area contributed by atoms with Crippen LogP contribution in [-0.2, 0) is 0 Å². The van der Waals surface area contributed by atoms with Crippen molar-refractivity contribution in [2.75, 3.05) is 19.4 Å². The molecule has 0 aliphatic heterocycles. The lowest BCUT2D eigenvalue weighted by Crippen LogP contribution is -2.34. The number of benzene rings is 2. The smallest absolute Gasteiger partial charge is 0.261 e. The molecular formula is C20H22BrN3O3S. The standard InChI is InChI=1S/C20H22BrN3O3S/c1-12(2)27-17-10-7-14(21)11-16(17)18(25)23-20(28)22-15-8-5-13(6-9-15)19(26)24(3)4/h5-12H,1-4H3,(H2,22,23,25,28). The van der Waals surface area contributed by atoms with Gasteiger partial charge in [-0.15, -0.1) is 0 Å². The van der Waals surface area contributed by atoms with Crippen LogP contribution in [0.25, 0.3) is 0 Å². The van der Waals surface area contributed by atoms with Gasteiger partial charge in [-0.25, -0.2) is 0 Å². The van der Waals surface area contributed by atoms with E-state index in [0.717, 1.165) is 4.47 Å². The zero-order valence-electron chi connectivity index (χ0n) is 16.1. The summed E-state index contributed by atoms with van der Waals surface area (Å²) in [6, 6.07) is 12.0. The monoisotopic (exact) mass is 463 g/mol. The quantitative estimate of drug-likeness (QED) is 0.654. The van der Waals surface area contributed by atoms with Gasteiger partial charge in [-0.05, 0) is 68.5 Å². The van der Waals surface area contributed by atoms with Gasteiger partial charge in [0.1, 0.15) is 5.75 Å². The van der Waals surface area contributed by atoms with E-state index in [1.165, 1.54) is 4.90 Å². The minimum atomic E-state index is -0.381. The maximum atomic E-state index is 12.6. The molecule has 0 saturated carbocycles. The fraction of sp³-hybridized carbons (Fsp3) is 0.250. The molecule has 6 nitrogen and oxygen atoms in total. The molecule has 0 bridgehead atoms. The van der Waals surface area contributed by atoms with Crippen molar-refractivity contribution in [3.8, 4) is 5.75 Å². The first kappa shape index (κ1) is 21.8. The molecule has 8 heteroatoms. The van der Waals surface area contributed by atoms with Crippen LogP contribution in [0.4, 0.5) is 5.69 Å². The Balaban J connectivity index is 2.06. The molecule has 0 unspecified atom stereocenters. The first-order valence-electron chi connectivity index (χ1n) is 8.57. The molecule has 2 aromatic carbocycles. The van der Waals surface area contributed by atoms with Crippen molar-refractivity contribution in [1.29, 1.82) is 0 Å². The molecule has 0 atom stereocenters. The Morgan fingerprint density at radius 1 is 1.11 bits per heavy atom. The van der Waals surface area contributed by atoms with Crippen LogP contribution in [0.2, 0.25) is 0 Å². The number of anilines is 1. The third kappa shape index (κ3) is 6.03. The summed E-state index contributed by atoms with van der Waals surface area (Å²) in [6.07, 6.45) is -0.0683. The number of amides is 2. The Morgan fingerprint density at radius 3 is 2.32 bits per heavy atom. The van der Waals surface area contributed by atoms with Crippen LogP contribution < -0.4 is 15.4 Å². The maximum absolute atomic E-state index is 12.6. The Kier molecular flexibility index (Phi) is 7.53. The average Bonchev–Trinajstić information content (AvgIpc) is 2.62. The van der Waals surface area contributed by atoms with E-state index in [0.29, 0.717) is 22.6 Å².